The molecule has 0 spiro atoms. The summed E-state index contributed by atoms with van der Waals surface area (Å²) in [5, 5.41) is 16.2. The Balaban J connectivity index is 1.66. The number of piperidine rings is 1. The third-order valence-corrected chi connectivity index (χ3v) is 5.50. The predicted molar refractivity (Wildman–Crippen MR) is 92.3 cm³/mol. The first-order valence-electron chi connectivity index (χ1n) is 7.71. The van der Waals surface area contributed by atoms with E-state index in [4.69, 9.17) is 11.6 Å². The maximum atomic E-state index is 13.0. The Kier molecular flexibility index (Phi) is 4.03. The highest BCUT2D eigenvalue weighted by atomic mass is 35.5. The van der Waals surface area contributed by atoms with Gasteiger partial charge in [0.1, 0.15) is 9.99 Å². The number of nitrogens with zero attached hydrogens (tertiary/aromatic N) is 5. The SMILES string of the molecule is O=C(N1CCC(O)CC1)N1C(Cl)=CC=NC1c1cnn2ccsc12. The Morgan fingerprint density at radius 3 is 2.96 bits per heavy atom. The Labute approximate surface area is 147 Å². The summed E-state index contributed by atoms with van der Waals surface area (Å²) in [6.07, 6.45) is 7.12. The number of hydrogen-bond donors (Lipinski definition) is 1. The number of likely N-dealkylation sites (tertiary alicyclic amines) is 1. The standard InChI is InChI=1S/C15H16ClN5O2S/c16-12-1-4-17-13(11-9-18-20-7-8-24-14(11)20)21(12)15(23)19-5-2-10(22)3-6-19/h1,4,7-10,13,22H,2-3,5-6H2. The maximum absolute atomic E-state index is 13.0. The van der Waals surface area contributed by atoms with Crippen molar-refractivity contribution < 1.29 is 9.90 Å². The van der Waals surface area contributed by atoms with Gasteiger partial charge in [-0.1, -0.05) is 11.6 Å². The van der Waals surface area contributed by atoms with Gasteiger partial charge in [0.25, 0.3) is 0 Å². The Bertz CT molecular complexity index is 821. The lowest BCUT2D eigenvalue weighted by Gasteiger charge is -2.37. The molecule has 2 aromatic rings. The molecule has 2 amide bonds. The third-order valence-electron chi connectivity index (χ3n) is 4.29. The molecule has 1 fully saturated rings. The van der Waals surface area contributed by atoms with E-state index in [9.17, 15) is 9.90 Å². The number of urea groups is 1. The van der Waals surface area contributed by atoms with Crippen molar-refractivity contribution in [3.63, 3.8) is 0 Å². The van der Waals surface area contributed by atoms with Crippen LogP contribution in [0.3, 0.4) is 0 Å². The van der Waals surface area contributed by atoms with E-state index in [0.29, 0.717) is 31.1 Å². The topological polar surface area (TPSA) is 73.4 Å². The zero-order valence-electron chi connectivity index (χ0n) is 12.7. The summed E-state index contributed by atoms with van der Waals surface area (Å²) < 4.78 is 1.77. The van der Waals surface area contributed by atoms with E-state index >= 15 is 0 Å². The van der Waals surface area contributed by atoms with Gasteiger partial charge in [0.15, 0.2) is 6.17 Å². The number of carbonyl (C=O) groups excluding carboxylic acids is 1. The third kappa shape index (κ3) is 2.60. The van der Waals surface area contributed by atoms with Gasteiger partial charge < -0.3 is 10.0 Å². The first-order chi connectivity index (χ1) is 11.6. The van der Waals surface area contributed by atoms with Crippen molar-refractivity contribution in [3.05, 3.63) is 34.6 Å². The summed E-state index contributed by atoms with van der Waals surface area (Å²) in [4.78, 5) is 21.6. The number of allylic oxidation sites excluding steroid dienone is 1. The van der Waals surface area contributed by atoms with Crippen molar-refractivity contribution in [1.82, 2.24) is 19.4 Å². The summed E-state index contributed by atoms with van der Waals surface area (Å²) in [6.45, 7) is 1.03. The van der Waals surface area contributed by atoms with Crippen LogP contribution in [0, 0.1) is 0 Å². The van der Waals surface area contributed by atoms with Crippen LogP contribution in [0.5, 0.6) is 0 Å². The second-order valence-corrected chi connectivity index (χ2v) is 7.07. The van der Waals surface area contributed by atoms with Gasteiger partial charge >= 0.3 is 6.03 Å². The molecule has 4 rings (SSSR count). The lowest BCUT2D eigenvalue weighted by atomic mass is 10.1. The van der Waals surface area contributed by atoms with Crippen molar-refractivity contribution in [2.45, 2.75) is 25.1 Å². The molecule has 1 atom stereocenters. The smallest absolute Gasteiger partial charge is 0.327 e. The van der Waals surface area contributed by atoms with E-state index in [1.807, 2.05) is 11.6 Å². The van der Waals surface area contributed by atoms with Crippen molar-refractivity contribution in [2.24, 2.45) is 4.99 Å². The first kappa shape index (κ1) is 15.6. The summed E-state index contributed by atoms with van der Waals surface area (Å²) >= 11 is 7.88. The van der Waals surface area contributed by atoms with Gasteiger partial charge in [-0.05, 0) is 18.9 Å². The summed E-state index contributed by atoms with van der Waals surface area (Å²) in [5.41, 5.74) is 0.845. The van der Waals surface area contributed by atoms with E-state index in [0.717, 1.165) is 10.4 Å². The number of aliphatic hydroxyl groups is 1. The summed E-state index contributed by atoms with van der Waals surface area (Å²) in [5.74, 6) is 0. The quantitative estimate of drug-likeness (QED) is 0.789. The molecule has 0 aliphatic carbocycles. The zero-order valence-corrected chi connectivity index (χ0v) is 14.3. The van der Waals surface area contributed by atoms with Crippen LogP contribution in [0.15, 0.2) is 34.0 Å². The van der Waals surface area contributed by atoms with Crippen LogP contribution >= 0.6 is 22.9 Å². The van der Waals surface area contributed by atoms with Crippen LogP contribution in [0.1, 0.15) is 24.6 Å². The molecule has 1 N–H and O–H groups in total. The van der Waals surface area contributed by atoms with Crippen LogP contribution < -0.4 is 0 Å². The molecule has 2 aromatic heterocycles. The van der Waals surface area contributed by atoms with E-state index in [1.165, 1.54) is 4.90 Å². The Morgan fingerprint density at radius 2 is 2.17 bits per heavy atom. The maximum Gasteiger partial charge on any atom is 0.327 e. The number of aliphatic imine (C=N–C) groups is 1. The molecule has 24 heavy (non-hydrogen) atoms. The van der Waals surface area contributed by atoms with Gasteiger partial charge in [-0.2, -0.15) is 5.10 Å². The molecule has 7 nitrogen and oxygen atoms in total. The monoisotopic (exact) mass is 365 g/mol. The molecular formula is C15H16ClN5O2S. The average molecular weight is 366 g/mol. The van der Waals surface area contributed by atoms with E-state index in [1.54, 1.807) is 39.2 Å². The van der Waals surface area contributed by atoms with Crippen LogP contribution in [-0.4, -0.2) is 56.0 Å². The van der Waals surface area contributed by atoms with Crippen molar-refractivity contribution in [1.29, 1.82) is 0 Å². The number of rotatable bonds is 1. The molecule has 2 aliphatic rings. The summed E-state index contributed by atoms with van der Waals surface area (Å²) in [6, 6.07) is -0.194. The van der Waals surface area contributed by atoms with E-state index in [-0.39, 0.29) is 12.1 Å². The lowest BCUT2D eigenvalue weighted by Crippen LogP contribution is -2.48. The molecule has 2 aliphatic heterocycles. The van der Waals surface area contributed by atoms with Gasteiger partial charge in [0.05, 0.1) is 17.9 Å². The predicted octanol–water partition coefficient (Wildman–Crippen LogP) is 2.44. The first-order valence-corrected chi connectivity index (χ1v) is 8.97. The molecule has 126 valence electrons. The molecule has 0 radical (unpaired) electrons. The van der Waals surface area contributed by atoms with Gasteiger partial charge in [0, 0.05) is 30.9 Å². The largest absolute Gasteiger partial charge is 0.393 e. The minimum Gasteiger partial charge on any atom is -0.393 e. The number of aliphatic hydroxyl groups excluding tert-OH is 1. The van der Waals surface area contributed by atoms with Gasteiger partial charge in [-0.25, -0.2) is 9.31 Å². The minimum atomic E-state index is -0.530. The van der Waals surface area contributed by atoms with Crippen molar-refractivity contribution >= 4 is 40.0 Å². The molecular weight excluding hydrogens is 350 g/mol. The molecule has 4 heterocycles. The minimum absolute atomic E-state index is 0.194. The van der Waals surface area contributed by atoms with Crippen LogP contribution in [0.25, 0.3) is 4.83 Å². The number of aromatic nitrogens is 2. The molecule has 1 unspecified atom stereocenters. The van der Waals surface area contributed by atoms with Crippen molar-refractivity contribution in [2.75, 3.05) is 13.1 Å². The number of thiazole rings is 1. The van der Waals surface area contributed by atoms with Gasteiger partial charge in [-0.3, -0.25) is 9.89 Å². The molecule has 9 heteroatoms. The molecule has 1 saturated heterocycles. The number of amides is 2. The van der Waals surface area contributed by atoms with E-state index < -0.39 is 6.17 Å². The van der Waals surface area contributed by atoms with Gasteiger partial charge in [0.2, 0.25) is 0 Å². The highest BCUT2D eigenvalue weighted by Crippen LogP contribution is 2.35. The molecule has 0 bridgehead atoms. The van der Waals surface area contributed by atoms with Gasteiger partial charge in [-0.15, -0.1) is 11.3 Å². The highest BCUT2D eigenvalue weighted by Gasteiger charge is 2.35. The fourth-order valence-corrected chi connectivity index (χ4v) is 4.03. The Hall–Kier alpha value is -1.90. The highest BCUT2D eigenvalue weighted by molar-refractivity contribution is 7.15. The number of carbonyl (C=O) groups is 1. The summed E-state index contributed by atoms with van der Waals surface area (Å²) in [7, 11) is 0. The normalized spacial score (nSPS) is 22.2. The lowest BCUT2D eigenvalue weighted by molar-refractivity contribution is 0.0818. The Morgan fingerprint density at radius 1 is 1.38 bits per heavy atom. The number of hydrogen-bond acceptors (Lipinski definition) is 5. The fourth-order valence-electron chi connectivity index (χ4n) is 3.00. The fraction of sp³-hybridized carbons (Fsp3) is 0.400. The van der Waals surface area contributed by atoms with E-state index in [2.05, 4.69) is 10.1 Å². The van der Waals surface area contributed by atoms with Crippen molar-refractivity contribution in [3.8, 4) is 0 Å². The van der Waals surface area contributed by atoms with Crippen LogP contribution in [0.2, 0.25) is 0 Å². The number of halogens is 1. The average Bonchev–Trinajstić information content (AvgIpc) is 3.18. The van der Waals surface area contributed by atoms with Crippen LogP contribution in [0.4, 0.5) is 4.79 Å². The second-order valence-electron chi connectivity index (χ2n) is 5.78. The second kappa shape index (κ2) is 6.19. The molecule has 0 saturated carbocycles. The van der Waals surface area contributed by atoms with Crippen LogP contribution in [-0.2, 0) is 0 Å². The molecule has 0 aromatic carbocycles. The number of fused-ring (bicyclic) bond motifs is 1. The zero-order chi connectivity index (χ0) is 16.7.